The van der Waals surface area contributed by atoms with Crippen molar-refractivity contribution in [3.8, 4) is 0 Å². The third-order valence-corrected chi connectivity index (χ3v) is 3.23. The Morgan fingerprint density at radius 1 is 1.42 bits per heavy atom. The molecule has 4 N–H and O–H groups in total. The van der Waals surface area contributed by atoms with E-state index >= 15 is 0 Å². The Hall–Kier alpha value is -1.76. The van der Waals surface area contributed by atoms with E-state index < -0.39 is 11.8 Å². The van der Waals surface area contributed by atoms with Crippen LogP contribution in [-0.4, -0.2) is 29.3 Å². The Morgan fingerprint density at radius 3 is 2.79 bits per heavy atom. The molecule has 0 spiro atoms. The predicted octanol–water partition coefficient (Wildman–Crippen LogP) is 1.48. The Morgan fingerprint density at radius 2 is 2.16 bits per heavy atom. The molecule has 0 heterocycles. The molecule has 0 aromatic heterocycles. The summed E-state index contributed by atoms with van der Waals surface area (Å²) in [4.78, 5) is 22.3. The summed E-state index contributed by atoms with van der Waals surface area (Å²) in [5.41, 5.74) is 5.41. The van der Waals surface area contributed by atoms with E-state index in [-0.39, 0.29) is 23.8 Å². The van der Waals surface area contributed by atoms with Crippen LogP contribution in [0.2, 0.25) is 0 Å². The summed E-state index contributed by atoms with van der Waals surface area (Å²) in [7, 11) is 0. The lowest BCUT2D eigenvalue weighted by molar-refractivity contribution is -0.137. The average molecular weight is 286 g/mol. The first-order valence-electron chi connectivity index (χ1n) is 5.65. The number of nitrogens with two attached hydrogens (primary N) is 1. The number of benzene rings is 1. The highest BCUT2D eigenvalue weighted by atomic mass is 32.2. The lowest BCUT2D eigenvalue weighted by atomic mass is 10.3. The van der Waals surface area contributed by atoms with Gasteiger partial charge in [0.15, 0.2) is 0 Å². The lowest BCUT2D eigenvalue weighted by Crippen LogP contribution is -2.26. The zero-order valence-electron chi connectivity index (χ0n) is 10.2. The highest BCUT2D eigenvalue weighted by Gasteiger charge is 2.05. The molecule has 1 rings (SSSR count). The second-order valence-electron chi connectivity index (χ2n) is 3.82. The van der Waals surface area contributed by atoms with Gasteiger partial charge in [-0.2, -0.15) is 0 Å². The molecule has 5 nitrogen and oxygen atoms in total. The fourth-order valence-electron chi connectivity index (χ4n) is 1.26. The van der Waals surface area contributed by atoms with E-state index in [9.17, 15) is 14.0 Å². The molecular formula is C12H15FN2O3S. The quantitative estimate of drug-likeness (QED) is 0.401. The molecule has 0 fully saturated rings. The fraction of sp³-hybridized carbons (Fsp3) is 0.333. The number of carbonyl (C=O) groups is 2. The third kappa shape index (κ3) is 6.10. The molecule has 0 atom stereocenters. The Balaban J connectivity index is 2.26. The number of nitrogens with one attached hydrogen (secondary N) is 1. The number of anilines is 1. The topological polar surface area (TPSA) is 92.4 Å². The standard InChI is InChI=1S/C12H15FN2O3S/c13-9-6-8(3-4-10(9)14)19-7-11(16)15-5-1-2-12(17)18/h3-4,6H,1-2,5,7,14H2,(H,15,16)(H,17,18). The molecular weight excluding hydrogens is 271 g/mol. The fourth-order valence-corrected chi connectivity index (χ4v) is 2.02. The van der Waals surface area contributed by atoms with Gasteiger partial charge in [0.2, 0.25) is 5.91 Å². The largest absolute Gasteiger partial charge is 0.481 e. The number of halogens is 1. The van der Waals surface area contributed by atoms with Crippen molar-refractivity contribution in [3.05, 3.63) is 24.0 Å². The van der Waals surface area contributed by atoms with Gasteiger partial charge in [0.05, 0.1) is 11.4 Å². The number of hydrogen-bond donors (Lipinski definition) is 3. The second-order valence-corrected chi connectivity index (χ2v) is 4.87. The van der Waals surface area contributed by atoms with Crippen molar-refractivity contribution in [2.75, 3.05) is 18.0 Å². The van der Waals surface area contributed by atoms with Gasteiger partial charge in [0, 0.05) is 17.9 Å². The van der Waals surface area contributed by atoms with Crippen LogP contribution in [0.25, 0.3) is 0 Å². The van der Waals surface area contributed by atoms with Crippen LogP contribution in [0.3, 0.4) is 0 Å². The number of hydrogen-bond acceptors (Lipinski definition) is 4. The maximum atomic E-state index is 13.1. The smallest absolute Gasteiger partial charge is 0.303 e. The number of aliphatic carboxylic acids is 1. The number of nitrogen functional groups attached to an aromatic ring is 1. The summed E-state index contributed by atoms with van der Waals surface area (Å²) in [5, 5.41) is 11.0. The molecule has 0 saturated heterocycles. The molecule has 104 valence electrons. The van der Waals surface area contributed by atoms with Gasteiger partial charge in [-0.05, 0) is 24.6 Å². The summed E-state index contributed by atoms with van der Waals surface area (Å²) in [6.07, 6.45) is 0.416. The van der Waals surface area contributed by atoms with Crippen molar-refractivity contribution in [3.63, 3.8) is 0 Å². The molecule has 7 heteroatoms. The minimum atomic E-state index is -0.888. The van der Waals surface area contributed by atoms with Gasteiger partial charge in [0.25, 0.3) is 0 Å². The molecule has 1 amide bonds. The molecule has 0 unspecified atom stereocenters. The van der Waals surface area contributed by atoms with Crippen LogP contribution in [0, 0.1) is 5.82 Å². The number of carboxylic acids is 1. The number of carbonyl (C=O) groups excluding carboxylic acids is 1. The highest BCUT2D eigenvalue weighted by Crippen LogP contribution is 2.21. The summed E-state index contributed by atoms with van der Waals surface area (Å²) in [6, 6.07) is 4.36. The summed E-state index contributed by atoms with van der Waals surface area (Å²) in [6.45, 7) is 0.321. The summed E-state index contributed by atoms with van der Waals surface area (Å²) < 4.78 is 13.1. The van der Waals surface area contributed by atoms with E-state index in [0.717, 1.165) is 0 Å². The predicted molar refractivity (Wildman–Crippen MR) is 71.4 cm³/mol. The first-order valence-corrected chi connectivity index (χ1v) is 6.64. The van der Waals surface area contributed by atoms with Gasteiger partial charge in [-0.3, -0.25) is 9.59 Å². The summed E-state index contributed by atoms with van der Waals surface area (Å²) >= 11 is 1.19. The van der Waals surface area contributed by atoms with Crippen LogP contribution < -0.4 is 11.1 Å². The highest BCUT2D eigenvalue weighted by molar-refractivity contribution is 8.00. The molecule has 0 aliphatic heterocycles. The molecule has 0 radical (unpaired) electrons. The van der Waals surface area contributed by atoms with Crippen molar-refractivity contribution in [1.82, 2.24) is 5.32 Å². The molecule has 19 heavy (non-hydrogen) atoms. The third-order valence-electron chi connectivity index (χ3n) is 2.23. The SMILES string of the molecule is Nc1ccc(SCC(=O)NCCCC(=O)O)cc1F. The number of carboxylic acid groups (broad SMARTS) is 1. The Kier molecular flexibility index (Phi) is 6.14. The molecule has 0 bridgehead atoms. The van der Waals surface area contributed by atoms with E-state index in [1.807, 2.05) is 0 Å². The first-order chi connectivity index (χ1) is 8.99. The molecule has 0 aliphatic carbocycles. The maximum absolute atomic E-state index is 13.1. The average Bonchev–Trinajstić information content (AvgIpc) is 2.36. The normalized spacial score (nSPS) is 10.2. The van der Waals surface area contributed by atoms with E-state index in [2.05, 4.69) is 5.32 Å². The van der Waals surface area contributed by atoms with Crippen molar-refractivity contribution >= 4 is 29.3 Å². The van der Waals surface area contributed by atoms with Crippen LogP contribution in [0.1, 0.15) is 12.8 Å². The van der Waals surface area contributed by atoms with Gasteiger partial charge in [-0.1, -0.05) is 0 Å². The van der Waals surface area contributed by atoms with Crippen LogP contribution in [0.4, 0.5) is 10.1 Å². The minimum Gasteiger partial charge on any atom is -0.481 e. The molecule has 1 aromatic carbocycles. The second kappa shape index (κ2) is 7.63. The van der Waals surface area contributed by atoms with E-state index in [1.54, 1.807) is 6.07 Å². The Labute approximate surface area is 114 Å². The lowest BCUT2D eigenvalue weighted by Gasteiger charge is -2.05. The van der Waals surface area contributed by atoms with E-state index in [1.165, 1.54) is 23.9 Å². The van der Waals surface area contributed by atoms with Gasteiger partial charge >= 0.3 is 5.97 Å². The van der Waals surface area contributed by atoms with Gasteiger partial charge in [-0.25, -0.2) is 4.39 Å². The van der Waals surface area contributed by atoms with E-state index in [4.69, 9.17) is 10.8 Å². The van der Waals surface area contributed by atoms with Crippen LogP contribution in [-0.2, 0) is 9.59 Å². The Bertz CT molecular complexity index is 468. The van der Waals surface area contributed by atoms with Crippen molar-refractivity contribution in [2.45, 2.75) is 17.7 Å². The maximum Gasteiger partial charge on any atom is 0.303 e. The number of rotatable bonds is 7. The van der Waals surface area contributed by atoms with Gasteiger partial charge in [-0.15, -0.1) is 11.8 Å². The minimum absolute atomic E-state index is 0.0244. The van der Waals surface area contributed by atoms with Gasteiger partial charge < -0.3 is 16.2 Å². The van der Waals surface area contributed by atoms with Crippen LogP contribution in [0.15, 0.2) is 23.1 Å². The van der Waals surface area contributed by atoms with Crippen molar-refractivity contribution in [1.29, 1.82) is 0 Å². The molecule has 0 aliphatic rings. The summed E-state index contributed by atoms with van der Waals surface area (Å²) in [5.74, 6) is -1.46. The van der Waals surface area contributed by atoms with Crippen molar-refractivity contribution < 1.29 is 19.1 Å². The number of thioether (sulfide) groups is 1. The molecule has 1 aromatic rings. The van der Waals surface area contributed by atoms with E-state index in [0.29, 0.717) is 17.9 Å². The van der Waals surface area contributed by atoms with Crippen LogP contribution in [0.5, 0.6) is 0 Å². The van der Waals surface area contributed by atoms with Crippen LogP contribution >= 0.6 is 11.8 Å². The molecule has 0 saturated carbocycles. The van der Waals surface area contributed by atoms with Crippen molar-refractivity contribution in [2.24, 2.45) is 0 Å². The monoisotopic (exact) mass is 286 g/mol. The van der Waals surface area contributed by atoms with Gasteiger partial charge in [0.1, 0.15) is 5.82 Å². The zero-order valence-corrected chi connectivity index (χ0v) is 11.0. The first kappa shape index (κ1) is 15.3. The zero-order chi connectivity index (χ0) is 14.3. The number of amides is 1.